The fourth-order valence-electron chi connectivity index (χ4n) is 8.97. The van der Waals surface area contributed by atoms with Crippen molar-refractivity contribution in [1.82, 2.24) is 25.4 Å². The number of carbonyl (C=O) groups excluding carboxylic acids is 6. The highest BCUT2D eigenvalue weighted by Crippen LogP contribution is 2.59. The number of imide groups is 1. The molecule has 6 amide bonds. The van der Waals surface area contributed by atoms with Crippen LogP contribution < -0.4 is 16.0 Å². The van der Waals surface area contributed by atoms with Gasteiger partial charge in [0.25, 0.3) is 11.8 Å². The second-order valence-corrected chi connectivity index (χ2v) is 22.8. The summed E-state index contributed by atoms with van der Waals surface area (Å²) in [6.07, 6.45) is 5.59. The van der Waals surface area contributed by atoms with Gasteiger partial charge in [-0.3, -0.25) is 38.6 Å². The number of piperidine rings is 1. The lowest BCUT2D eigenvalue weighted by Crippen LogP contribution is -2.57. The van der Waals surface area contributed by atoms with Gasteiger partial charge in [-0.05, 0) is 71.5 Å². The molecule has 0 bridgehead atoms. The number of hydrogen-bond donors (Lipinski definition) is 5. The topological polar surface area (TPSA) is 225 Å². The first kappa shape index (κ1) is 52.1. The summed E-state index contributed by atoms with van der Waals surface area (Å²) in [5, 5.41) is 8.53. The molecule has 0 saturated carbocycles. The molecular formula is C51H53F2N6O10PS2. The third kappa shape index (κ3) is 11.5. The molecule has 3 aromatic carbocycles. The molecule has 5 N–H and O–H groups in total. The average Bonchev–Trinajstić information content (AvgIpc) is 4.15. The number of rotatable bonds is 16. The van der Waals surface area contributed by atoms with Crippen LogP contribution in [0.5, 0.6) is 0 Å². The Bertz CT molecular complexity index is 3030. The van der Waals surface area contributed by atoms with Crippen LogP contribution in [0.3, 0.4) is 0 Å². The van der Waals surface area contributed by atoms with Crippen LogP contribution in [0.4, 0.5) is 13.9 Å². The molecule has 3 aliphatic rings. The molecular weight excluding hydrogens is 990 g/mol. The standard InChI is InChI=1S/C51H53F2N6O10PS2/c1-50(2,3)43(56-46(63)40-25-32-24-33(19-21-39(32)71-40)51(52,53)70(66,67)68)48(65)58-28-34(26-38(58)45(62)57-49-54-27-41(72-49)31-15-10-8-11-16-31)69-23-12-7-5-4-6-9-14-30-17-13-18-35-36(30)29-59(47(35)64)37-20-22-42(60)55-44(37)61/h8,10-11,13,15-19,21,24-25,27,34,37-38,43H,4-7,12,20,22-23,26,28-29H2,1-3H3,(H,56,63)(H,54,57,62)(H,55,60,61)(H2,66,67,68)/t34-,37?,38+,43?/m1/s1. The van der Waals surface area contributed by atoms with Gasteiger partial charge in [-0.25, -0.2) is 4.98 Å². The van der Waals surface area contributed by atoms with Crippen molar-refractivity contribution >= 4 is 80.9 Å². The first-order valence-corrected chi connectivity index (χ1v) is 26.7. The smallest absolute Gasteiger partial charge is 0.376 e. The minimum Gasteiger partial charge on any atom is -0.376 e. The number of unbranched alkanes of at least 4 members (excludes halogenated alkanes) is 4. The number of alkyl halides is 2. The summed E-state index contributed by atoms with van der Waals surface area (Å²) in [5.74, 6) is 3.68. The highest BCUT2D eigenvalue weighted by Gasteiger charge is 2.51. The van der Waals surface area contributed by atoms with Crippen LogP contribution in [0.2, 0.25) is 0 Å². The van der Waals surface area contributed by atoms with Crippen molar-refractivity contribution in [2.75, 3.05) is 18.5 Å². The maximum Gasteiger partial charge on any atom is 0.399 e. The summed E-state index contributed by atoms with van der Waals surface area (Å²) in [6.45, 7) is 5.95. The molecule has 16 nitrogen and oxygen atoms in total. The van der Waals surface area contributed by atoms with Crippen LogP contribution in [0, 0.1) is 17.3 Å². The van der Waals surface area contributed by atoms with E-state index >= 15 is 0 Å². The number of amides is 6. The molecule has 72 heavy (non-hydrogen) atoms. The zero-order chi connectivity index (χ0) is 51.5. The first-order valence-electron chi connectivity index (χ1n) is 23.5. The van der Waals surface area contributed by atoms with E-state index in [2.05, 4.69) is 32.8 Å². The molecule has 8 rings (SSSR count). The maximum absolute atomic E-state index is 14.7. The van der Waals surface area contributed by atoms with E-state index < -0.39 is 72.1 Å². The van der Waals surface area contributed by atoms with E-state index in [0.717, 1.165) is 64.3 Å². The third-order valence-corrected chi connectivity index (χ3v) is 15.9. The van der Waals surface area contributed by atoms with Gasteiger partial charge in [-0.1, -0.05) is 99.3 Å². The van der Waals surface area contributed by atoms with Gasteiger partial charge in [0, 0.05) is 66.5 Å². The Morgan fingerprint density at radius 3 is 2.49 bits per heavy atom. The van der Waals surface area contributed by atoms with Crippen molar-refractivity contribution in [3.8, 4) is 22.3 Å². The van der Waals surface area contributed by atoms with E-state index in [9.17, 15) is 51.9 Å². The quantitative estimate of drug-likeness (QED) is 0.0278. The number of thiophene rings is 1. The number of nitrogens with zero attached hydrogens (tertiary/aromatic N) is 3. The van der Waals surface area contributed by atoms with Crippen LogP contribution in [0.15, 0.2) is 79.0 Å². The SMILES string of the molecule is CC(C)(C)C(NC(=O)c1cc2cc(C(F)(F)P(=O)(O)O)ccc2s1)C(=O)N1C[C@H](OCCCCCCC#Cc2cccc3c2CN(C2CCC(=O)NC2=O)C3=O)C[C@H]1C(=O)Nc1ncc(-c2ccccc2)s1. The van der Waals surface area contributed by atoms with Crippen molar-refractivity contribution in [2.24, 2.45) is 5.41 Å². The second-order valence-electron chi connectivity index (χ2n) is 19.0. The zero-order valence-electron chi connectivity index (χ0n) is 39.6. The fraction of sp³-hybridized carbons (Fsp3) is 0.392. The minimum absolute atomic E-state index is 0.0572. The Hall–Kier alpha value is -6.20. The Labute approximate surface area is 422 Å². The molecule has 2 aromatic heterocycles. The molecule has 0 radical (unpaired) electrons. The summed E-state index contributed by atoms with van der Waals surface area (Å²) in [6, 6.07) is 16.4. The van der Waals surface area contributed by atoms with Crippen LogP contribution in [0.1, 0.15) is 109 Å². The van der Waals surface area contributed by atoms with Gasteiger partial charge in [-0.15, -0.1) is 11.3 Å². The van der Waals surface area contributed by atoms with E-state index in [4.69, 9.17) is 4.74 Å². The summed E-state index contributed by atoms with van der Waals surface area (Å²) in [5.41, 5.74) is -3.30. The number of aromatic nitrogens is 1. The fourth-order valence-corrected chi connectivity index (χ4v) is 11.2. The predicted octanol–water partition coefficient (Wildman–Crippen LogP) is 7.78. The van der Waals surface area contributed by atoms with E-state index in [0.29, 0.717) is 34.8 Å². The summed E-state index contributed by atoms with van der Waals surface area (Å²) in [7, 11) is -5.84. The second kappa shape index (κ2) is 21.5. The first-order chi connectivity index (χ1) is 34.2. The number of thiazole rings is 1. The van der Waals surface area contributed by atoms with Crippen LogP contribution in [-0.4, -0.2) is 97.4 Å². The van der Waals surface area contributed by atoms with Crippen molar-refractivity contribution in [2.45, 2.75) is 109 Å². The van der Waals surface area contributed by atoms with E-state index in [-0.39, 0.29) is 54.4 Å². The number of ether oxygens (including phenoxy) is 1. The Kier molecular flexibility index (Phi) is 15.6. The number of benzene rings is 3. The van der Waals surface area contributed by atoms with Crippen molar-refractivity contribution in [1.29, 1.82) is 0 Å². The number of anilines is 1. The number of carbonyl (C=O) groups is 6. The molecule has 21 heteroatoms. The Morgan fingerprint density at radius 1 is 0.986 bits per heavy atom. The molecule has 0 aliphatic carbocycles. The molecule has 378 valence electrons. The van der Waals surface area contributed by atoms with Crippen LogP contribution in [0.25, 0.3) is 20.5 Å². The number of likely N-dealkylation sites (tertiary alicyclic amines) is 1. The van der Waals surface area contributed by atoms with E-state index in [1.807, 2.05) is 36.4 Å². The molecule has 5 aromatic rings. The number of hydrogen-bond acceptors (Lipinski definition) is 11. The normalized spacial score (nSPS) is 18.7. The lowest BCUT2D eigenvalue weighted by atomic mass is 9.85. The largest absolute Gasteiger partial charge is 0.399 e. The van der Waals surface area contributed by atoms with Crippen LogP contribution in [-0.2, 0) is 40.7 Å². The van der Waals surface area contributed by atoms with Gasteiger partial charge in [0.05, 0.1) is 15.9 Å². The molecule has 2 saturated heterocycles. The predicted molar refractivity (Wildman–Crippen MR) is 267 cm³/mol. The van der Waals surface area contributed by atoms with Gasteiger partial charge in [0.1, 0.15) is 18.1 Å². The van der Waals surface area contributed by atoms with Crippen molar-refractivity contribution in [3.05, 3.63) is 106 Å². The van der Waals surface area contributed by atoms with Crippen molar-refractivity contribution in [3.63, 3.8) is 0 Å². The van der Waals surface area contributed by atoms with E-state index in [1.165, 1.54) is 33.3 Å². The molecule has 3 aliphatic heterocycles. The summed E-state index contributed by atoms with van der Waals surface area (Å²) < 4.78 is 47.4. The number of halogens is 2. The summed E-state index contributed by atoms with van der Waals surface area (Å²) >= 11 is 2.24. The molecule has 0 spiro atoms. The Balaban J connectivity index is 0.888. The Morgan fingerprint density at radius 2 is 1.75 bits per heavy atom. The zero-order valence-corrected chi connectivity index (χ0v) is 42.1. The summed E-state index contributed by atoms with van der Waals surface area (Å²) in [4.78, 5) is 107. The third-order valence-electron chi connectivity index (χ3n) is 12.8. The van der Waals surface area contributed by atoms with E-state index in [1.54, 1.807) is 39.1 Å². The van der Waals surface area contributed by atoms with Gasteiger partial charge in [-0.2, -0.15) is 8.78 Å². The molecule has 5 heterocycles. The maximum atomic E-state index is 14.7. The van der Waals surface area contributed by atoms with Crippen LogP contribution >= 0.6 is 30.3 Å². The van der Waals surface area contributed by atoms with Gasteiger partial charge in [0.15, 0.2) is 5.13 Å². The lowest BCUT2D eigenvalue weighted by molar-refractivity contribution is -0.140. The number of nitrogens with one attached hydrogen (secondary N) is 3. The van der Waals surface area contributed by atoms with Crippen molar-refractivity contribution < 1.29 is 56.6 Å². The minimum atomic E-state index is -5.84. The molecule has 2 fully saturated rings. The van der Waals surface area contributed by atoms with Gasteiger partial charge >= 0.3 is 13.3 Å². The monoisotopic (exact) mass is 1040 g/mol. The average molecular weight is 1040 g/mol. The lowest BCUT2D eigenvalue weighted by Gasteiger charge is -2.35. The molecule has 4 atom stereocenters. The highest BCUT2D eigenvalue weighted by molar-refractivity contribution is 7.52. The number of fused-ring (bicyclic) bond motifs is 2. The molecule has 2 unspecified atom stereocenters. The van der Waals surface area contributed by atoms with Gasteiger partial charge < -0.3 is 35.0 Å². The van der Waals surface area contributed by atoms with Gasteiger partial charge in [0.2, 0.25) is 23.6 Å². The highest BCUT2D eigenvalue weighted by atomic mass is 32.1.